The van der Waals surface area contributed by atoms with E-state index in [1.54, 1.807) is 0 Å². The molecule has 0 aromatic carbocycles. The Labute approximate surface area is 81.2 Å². The van der Waals surface area contributed by atoms with Crippen LogP contribution in [0.2, 0.25) is 0 Å². The van der Waals surface area contributed by atoms with E-state index in [9.17, 15) is 13.2 Å². The second-order valence-electron chi connectivity index (χ2n) is 2.80. The molecule has 0 bridgehead atoms. The molecular formula is C8H16F3NO2. The molecule has 3 nitrogen and oxygen atoms in total. The molecule has 0 fully saturated rings. The van der Waals surface area contributed by atoms with Gasteiger partial charge in [-0.05, 0) is 13.0 Å². The van der Waals surface area contributed by atoms with Crippen molar-refractivity contribution in [3.05, 3.63) is 0 Å². The second kappa shape index (κ2) is 8.02. The van der Waals surface area contributed by atoms with Crippen molar-refractivity contribution in [1.82, 2.24) is 5.32 Å². The van der Waals surface area contributed by atoms with E-state index in [0.717, 1.165) is 0 Å². The molecule has 0 unspecified atom stereocenters. The van der Waals surface area contributed by atoms with Gasteiger partial charge in [0.25, 0.3) is 0 Å². The zero-order valence-corrected chi connectivity index (χ0v) is 7.94. The van der Waals surface area contributed by atoms with E-state index in [0.29, 0.717) is 19.7 Å². The molecule has 0 aliphatic rings. The minimum atomic E-state index is -4.06. The molecule has 0 aromatic heterocycles. The molecule has 0 amide bonds. The number of hydrogen-bond donors (Lipinski definition) is 2. The topological polar surface area (TPSA) is 41.5 Å². The number of aliphatic hydroxyl groups excluding tert-OH is 1. The molecule has 0 aliphatic heterocycles. The van der Waals surface area contributed by atoms with Gasteiger partial charge in [0.15, 0.2) is 0 Å². The number of ether oxygens (including phenoxy) is 1. The fourth-order valence-corrected chi connectivity index (χ4v) is 0.850. The van der Waals surface area contributed by atoms with Gasteiger partial charge in [-0.15, -0.1) is 0 Å². The Morgan fingerprint density at radius 3 is 2.43 bits per heavy atom. The number of rotatable bonds is 8. The Balaban J connectivity index is 2.99. The molecule has 86 valence electrons. The van der Waals surface area contributed by atoms with E-state index < -0.39 is 12.6 Å². The predicted octanol–water partition coefficient (Wildman–Crippen LogP) is 0.927. The molecule has 0 aliphatic carbocycles. The van der Waals surface area contributed by atoms with Crippen molar-refractivity contribution in [2.75, 3.05) is 32.9 Å². The highest BCUT2D eigenvalue weighted by molar-refractivity contribution is 4.53. The molecule has 14 heavy (non-hydrogen) atoms. The van der Waals surface area contributed by atoms with Gasteiger partial charge in [0.1, 0.15) is 0 Å². The third kappa shape index (κ3) is 11.7. The maximum atomic E-state index is 11.7. The van der Waals surface area contributed by atoms with Gasteiger partial charge in [0, 0.05) is 13.0 Å². The number of alkyl halides is 3. The third-order valence-corrected chi connectivity index (χ3v) is 1.47. The predicted molar refractivity (Wildman–Crippen MR) is 46.1 cm³/mol. The number of aliphatic hydroxyl groups is 1. The lowest BCUT2D eigenvalue weighted by molar-refractivity contribution is -0.135. The highest BCUT2D eigenvalue weighted by atomic mass is 19.4. The third-order valence-electron chi connectivity index (χ3n) is 1.47. The Morgan fingerprint density at radius 2 is 1.86 bits per heavy atom. The normalized spacial score (nSPS) is 12.0. The Bertz CT molecular complexity index is 130. The summed E-state index contributed by atoms with van der Waals surface area (Å²) < 4.78 is 39.8. The molecule has 0 rings (SSSR count). The summed E-state index contributed by atoms with van der Waals surface area (Å²) >= 11 is 0. The van der Waals surface area contributed by atoms with Gasteiger partial charge >= 0.3 is 6.18 Å². The first-order valence-corrected chi connectivity index (χ1v) is 4.52. The van der Waals surface area contributed by atoms with Crippen LogP contribution >= 0.6 is 0 Å². The summed E-state index contributed by atoms with van der Waals surface area (Å²) in [5, 5.41) is 11.1. The quantitative estimate of drug-likeness (QED) is 0.592. The van der Waals surface area contributed by atoms with Gasteiger partial charge in [0.2, 0.25) is 0 Å². The molecule has 0 heterocycles. The molecule has 0 aromatic rings. The molecule has 0 saturated heterocycles. The van der Waals surface area contributed by atoms with Crippen LogP contribution in [0.5, 0.6) is 0 Å². The summed E-state index contributed by atoms with van der Waals surface area (Å²) in [6.07, 6.45) is -4.73. The minimum Gasteiger partial charge on any atom is -0.394 e. The van der Waals surface area contributed by atoms with Crippen molar-refractivity contribution in [3.8, 4) is 0 Å². The summed E-state index contributed by atoms with van der Waals surface area (Å²) in [6.45, 7) is 1.49. The maximum Gasteiger partial charge on any atom is 0.389 e. The van der Waals surface area contributed by atoms with E-state index in [4.69, 9.17) is 9.84 Å². The van der Waals surface area contributed by atoms with Crippen LogP contribution in [0.25, 0.3) is 0 Å². The fraction of sp³-hybridized carbons (Fsp3) is 1.00. The number of nitrogens with one attached hydrogen (secondary N) is 1. The van der Waals surface area contributed by atoms with Crippen LogP contribution in [-0.2, 0) is 4.74 Å². The van der Waals surface area contributed by atoms with E-state index in [1.807, 2.05) is 0 Å². The van der Waals surface area contributed by atoms with Crippen LogP contribution in [-0.4, -0.2) is 44.2 Å². The summed E-state index contributed by atoms with van der Waals surface area (Å²) in [6, 6.07) is 0. The molecule has 0 saturated carbocycles. The van der Waals surface area contributed by atoms with E-state index in [1.165, 1.54) is 0 Å². The summed E-state index contributed by atoms with van der Waals surface area (Å²) in [5.41, 5.74) is 0. The average molecular weight is 215 g/mol. The fourth-order valence-electron chi connectivity index (χ4n) is 0.850. The van der Waals surface area contributed by atoms with Crippen LogP contribution in [0.4, 0.5) is 13.2 Å². The first kappa shape index (κ1) is 13.7. The average Bonchev–Trinajstić information content (AvgIpc) is 2.08. The molecule has 0 spiro atoms. The second-order valence-corrected chi connectivity index (χ2v) is 2.80. The van der Waals surface area contributed by atoms with E-state index in [2.05, 4.69) is 5.32 Å². The van der Waals surface area contributed by atoms with Crippen molar-refractivity contribution in [1.29, 1.82) is 0 Å². The van der Waals surface area contributed by atoms with Gasteiger partial charge in [0.05, 0.1) is 19.8 Å². The molecule has 2 N–H and O–H groups in total. The first-order chi connectivity index (χ1) is 6.56. The highest BCUT2D eigenvalue weighted by Gasteiger charge is 2.25. The SMILES string of the molecule is OCCOCCNCCCC(F)(F)F. The van der Waals surface area contributed by atoms with Crippen molar-refractivity contribution in [3.63, 3.8) is 0 Å². The van der Waals surface area contributed by atoms with Crippen molar-refractivity contribution >= 4 is 0 Å². The van der Waals surface area contributed by atoms with Gasteiger partial charge in [-0.2, -0.15) is 13.2 Å². The zero-order chi connectivity index (χ0) is 10.9. The van der Waals surface area contributed by atoms with Crippen molar-refractivity contribution < 1.29 is 23.0 Å². The first-order valence-electron chi connectivity index (χ1n) is 4.52. The Morgan fingerprint density at radius 1 is 1.14 bits per heavy atom. The lowest BCUT2D eigenvalue weighted by Gasteiger charge is -2.07. The summed E-state index contributed by atoms with van der Waals surface area (Å²) in [4.78, 5) is 0. The van der Waals surface area contributed by atoms with Crippen LogP contribution in [0, 0.1) is 0 Å². The summed E-state index contributed by atoms with van der Waals surface area (Å²) in [5.74, 6) is 0. The minimum absolute atomic E-state index is 0.0337. The van der Waals surface area contributed by atoms with Crippen molar-refractivity contribution in [2.45, 2.75) is 19.0 Å². The molecular weight excluding hydrogens is 199 g/mol. The van der Waals surface area contributed by atoms with Crippen LogP contribution in [0.3, 0.4) is 0 Å². The Hall–Kier alpha value is -0.330. The monoisotopic (exact) mass is 215 g/mol. The zero-order valence-electron chi connectivity index (χ0n) is 7.94. The lowest BCUT2D eigenvalue weighted by atomic mass is 10.3. The lowest BCUT2D eigenvalue weighted by Crippen LogP contribution is -2.22. The van der Waals surface area contributed by atoms with Crippen LogP contribution < -0.4 is 5.32 Å². The smallest absolute Gasteiger partial charge is 0.389 e. The molecule has 0 atom stereocenters. The summed E-state index contributed by atoms with van der Waals surface area (Å²) in [7, 11) is 0. The maximum absolute atomic E-state index is 11.7. The van der Waals surface area contributed by atoms with E-state index in [-0.39, 0.29) is 19.6 Å². The number of halogens is 3. The standard InChI is InChI=1S/C8H16F3NO2/c9-8(10,11)2-1-3-12-4-6-14-7-5-13/h12-13H,1-7H2. The van der Waals surface area contributed by atoms with Gasteiger partial charge in [-0.3, -0.25) is 0 Å². The van der Waals surface area contributed by atoms with Gasteiger partial charge in [-0.25, -0.2) is 0 Å². The highest BCUT2D eigenvalue weighted by Crippen LogP contribution is 2.20. The largest absolute Gasteiger partial charge is 0.394 e. The molecule has 0 radical (unpaired) electrons. The van der Waals surface area contributed by atoms with Crippen molar-refractivity contribution in [2.24, 2.45) is 0 Å². The van der Waals surface area contributed by atoms with Gasteiger partial charge in [-0.1, -0.05) is 0 Å². The van der Waals surface area contributed by atoms with E-state index >= 15 is 0 Å². The van der Waals surface area contributed by atoms with Crippen LogP contribution in [0.1, 0.15) is 12.8 Å². The molecule has 6 heteroatoms. The Kier molecular flexibility index (Phi) is 7.83. The van der Waals surface area contributed by atoms with Gasteiger partial charge < -0.3 is 15.2 Å². The van der Waals surface area contributed by atoms with Crippen LogP contribution in [0.15, 0.2) is 0 Å². The number of hydrogen-bond acceptors (Lipinski definition) is 3.